The Bertz CT molecular complexity index is 1030. The molecular formula is C27H30N2O3. The highest BCUT2D eigenvalue weighted by Crippen LogP contribution is 2.39. The second-order valence-electron chi connectivity index (χ2n) is 8.47. The van der Waals surface area contributed by atoms with Crippen molar-refractivity contribution in [2.24, 2.45) is 5.92 Å². The van der Waals surface area contributed by atoms with E-state index in [9.17, 15) is 9.59 Å². The van der Waals surface area contributed by atoms with E-state index in [4.69, 9.17) is 4.74 Å². The largest absolute Gasteiger partial charge is 0.487 e. The van der Waals surface area contributed by atoms with E-state index in [1.54, 1.807) is 13.1 Å². The minimum absolute atomic E-state index is 0.245. The summed E-state index contributed by atoms with van der Waals surface area (Å²) >= 11 is 0. The number of amides is 1. The molecule has 0 aliphatic rings. The molecule has 0 bridgehead atoms. The first-order chi connectivity index (χ1) is 15.3. The molecule has 0 radical (unpaired) electrons. The molecule has 2 aromatic carbocycles. The molecule has 32 heavy (non-hydrogen) atoms. The van der Waals surface area contributed by atoms with Crippen LogP contribution in [0.25, 0.3) is 0 Å². The summed E-state index contributed by atoms with van der Waals surface area (Å²) in [5.41, 5.74) is 3.46. The van der Waals surface area contributed by atoms with Crippen molar-refractivity contribution >= 4 is 12.2 Å². The van der Waals surface area contributed by atoms with E-state index in [0.717, 1.165) is 17.0 Å². The van der Waals surface area contributed by atoms with Gasteiger partial charge in [0.05, 0.1) is 11.7 Å². The van der Waals surface area contributed by atoms with Gasteiger partial charge in [0, 0.05) is 17.2 Å². The molecule has 0 saturated carbocycles. The van der Waals surface area contributed by atoms with Crippen LogP contribution in [0.2, 0.25) is 0 Å². The van der Waals surface area contributed by atoms with Gasteiger partial charge in [0.15, 0.2) is 0 Å². The van der Waals surface area contributed by atoms with Gasteiger partial charge >= 0.3 is 0 Å². The molecule has 0 aliphatic heterocycles. The number of aromatic nitrogens is 1. The molecule has 0 spiro atoms. The topological polar surface area (TPSA) is 68.3 Å². The molecule has 1 unspecified atom stereocenters. The fraction of sp³-hybridized carbons (Fsp3) is 0.296. The van der Waals surface area contributed by atoms with E-state index >= 15 is 0 Å². The molecule has 5 nitrogen and oxygen atoms in total. The molecule has 3 aromatic rings. The number of aldehydes is 1. The second kappa shape index (κ2) is 10.2. The van der Waals surface area contributed by atoms with E-state index in [1.807, 2.05) is 54.6 Å². The number of carbonyl (C=O) groups is 2. The predicted molar refractivity (Wildman–Crippen MR) is 126 cm³/mol. The summed E-state index contributed by atoms with van der Waals surface area (Å²) in [5.74, 6) is 0.858. The van der Waals surface area contributed by atoms with Crippen LogP contribution in [0.4, 0.5) is 0 Å². The standard InChI is InChI=1S/C27H30N2O3/c1-19(2)27(4,22-10-8-21(9-11-22)26(31)29-20(3)17-30)23-12-14-25(15-13-23)32-18-24-7-5-6-16-28-24/h5-17,19-20H,18H2,1-4H3,(H,29,31)/t20-,27?/m1/s1. The highest BCUT2D eigenvalue weighted by molar-refractivity contribution is 5.95. The third kappa shape index (κ3) is 5.22. The molecule has 2 atom stereocenters. The maximum atomic E-state index is 12.3. The summed E-state index contributed by atoms with van der Waals surface area (Å²) in [4.78, 5) is 27.4. The van der Waals surface area contributed by atoms with Crippen LogP contribution in [0.1, 0.15) is 54.9 Å². The van der Waals surface area contributed by atoms with Gasteiger partial charge in [-0.2, -0.15) is 0 Å². The van der Waals surface area contributed by atoms with Gasteiger partial charge in [0.1, 0.15) is 18.6 Å². The lowest BCUT2D eigenvalue weighted by atomic mass is 9.68. The van der Waals surface area contributed by atoms with Gasteiger partial charge in [-0.25, -0.2) is 0 Å². The Hall–Kier alpha value is -3.47. The average Bonchev–Trinajstić information content (AvgIpc) is 2.83. The SMILES string of the molecule is CC(C)C(C)(c1ccc(OCc2ccccn2)cc1)c1ccc(C(=O)N[C@H](C)C=O)cc1. The zero-order valence-electron chi connectivity index (χ0n) is 19.0. The fourth-order valence-corrected chi connectivity index (χ4v) is 3.66. The Balaban J connectivity index is 1.78. The van der Waals surface area contributed by atoms with Crippen molar-refractivity contribution in [2.75, 3.05) is 0 Å². The average molecular weight is 431 g/mol. The van der Waals surface area contributed by atoms with Gasteiger partial charge in [-0.3, -0.25) is 9.78 Å². The van der Waals surface area contributed by atoms with E-state index in [0.29, 0.717) is 24.4 Å². The van der Waals surface area contributed by atoms with Crippen LogP contribution in [0.15, 0.2) is 72.9 Å². The number of nitrogens with zero attached hydrogens (tertiary/aromatic N) is 1. The smallest absolute Gasteiger partial charge is 0.251 e. The first-order valence-electron chi connectivity index (χ1n) is 10.8. The van der Waals surface area contributed by atoms with E-state index in [-0.39, 0.29) is 11.3 Å². The van der Waals surface area contributed by atoms with Gasteiger partial charge in [-0.15, -0.1) is 0 Å². The Labute approximate surface area is 189 Å². The van der Waals surface area contributed by atoms with Crippen LogP contribution in [0.3, 0.4) is 0 Å². The molecule has 0 aliphatic carbocycles. The highest BCUT2D eigenvalue weighted by Gasteiger charge is 2.32. The molecule has 3 rings (SSSR count). The maximum absolute atomic E-state index is 12.3. The summed E-state index contributed by atoms with van der Waals surface area (Å²) < 4.78 is 5.88. The lowest BCUT2D eigenvalue weighted by Gasteiger charge is -2.35. The normalized spacial score (nSPS) is 13.8. The quantitative estimate of drug-likeness (QED) is 0.488. The monoisotopic (exact) mass is 430 g/mol. The molecular weight excluding hydrogens is 400 g/mol. The zero-order valence-corrected chi connectivity index (χ0v) is 19.0. The molecule has 1 heterocycles. The summed E-state index contributed by atoms with van der Waals surface area (Å²) in [5, 5.41) is 2.66. The Morgan fingerprint density at radius 3 is 2.16 bits per heavy atom. The number of benzene rings is 2. The van der Waals surface area contributed by atoms with Crippen LogP contribution >= 0.6 is 0 Å². The van der Waals surface area contributed by atoms with Crippen molar-refractivity contribution in [1.82, 2.24) is 10.3 Å². The number of ether oxygens (including phenoxy) is 1. The third-order valence-electron chi connectivity index (χ3n) is 6.03. The Morgan fingerprint density at radius 2 is 1.62 bits per heavy atom. The molecule has 1 amide bonds. The van der Waals surface area contributed by atoms with Crippen molar-refractivity contribution in [3.8, 4) is 5.75 Å². The van der Waals surface area contributed by atoms with Crippen molar-refractivity contribution in [3.63, 3.8) is 0 Å². The summed E-state index contributed by atoms with van der Waals surface area (Å²) in [6.07, 6.45) is 2.47. The minimum Gasteiger partial charge on any atom is -0.487 e. The summed E-state index contributed by atoms with van der Waals surface area (Å²) in [6, 6.07) is 21.0. The lowest BCUT2D eigenvalue weighted by Crippen LogP contribution is -2.33. The zero-order chi connectivity index (χ0) is 23.1. The van der Waals surface area contributed by atoms with Crippen molar-refractivity contribution in [3.05, 3.63) is 95.3 Å². The minimum atomic E-state index is -0.512. The Kier molecular flexibility index (Phi) is 7.41. The molecule has 1 aromatic heterocycles. The van der Waals surface area contributed by atoms with Crippen LogP contribution in [-0.4, -0.2) is 23.2 Å². The summed E-state index contributed by atoms with van der Waals surface area (Å²) in [7, 11) is 0. The van der Waals surface area contributed by atoms with Gasteiger partial charge in [0.2, 0.25) is 0 Å². The van der Waals surface area contributed by atoms with Crippen molar-refractivity contribution in [2.45, 2.75) is 45.8 Å². The number of hydrogen-bond acceptors (Lipinski definition) is 4. The number of hydrogen-bond donors (Lipinski definition) is 1. The van der Waals surface area contributed by atoms with Crippen LogP contribution in [0.5, 0.6) is 5.75 Å². The van der Waals surface area contributed by atoms with Crippen LogP contribution in [0, 0.1) is 5.92 Å². The second-order valence-corrected chi connectivity index (χ2v) is 8.47. The lowest BCUT2D eigenvalue weighted by molar-refractivity contribution is -0.109. The number of rotatable bonds is 9. The Morgan fingerprint density at radius 1 is 1.00 bits per heavy atom. The van der Waals surface area contributed by atoms with Gasteiger partial charge in [-0.05, 0) is 60.4 Å². The predicted octanol–water partition coefficient (Wildman–Crippen LogP) is 4.94. The molecule has 0 saturated heterocycles. The van der Waals surface area contributed by atoms with Crippen LogP contribution in [-0.2, 0) is 16.8 Å². The van der Waals surface area contributed by atoms with Crippen molar-refractivity contribution < 1.29 is 14.3 Å². The van der Waals surface area contributed by atoms with Crippen LogP contribution < -0.4 is 10.1 Å². The molecule has 0 fully saturated rings. The first kappa shape index (κ1) is 23.2. The first-order valence-corrected chi connectivity index (χ1v) is 10.8. The number of pyridine rings is 1. The molecule has 5 heteroatoms. The van der Waals surface area contributed by atoms with Crippen molar-refractivity contribution in [1.29, 1.82) is 0 Å². The van der Waals surface area contributed by atoms with E-state index in [2.05, 4.69) is 43.2 Å². The summed E-state index contributed by atoms with van der Waals surface area (Å²) in [6.45, 7) is 8.67. The molecule has 1 N–H and O–H groups in total. The molecule has 166 valence electrons. The van der Waals surface area contributed by atoms with E-state index in [1.165, 1.54) is 5.56 Å². The van der Waals surface area contributed by atoms with Gasteiger partial charge < -0.3 is 14.8 Å². The maximum Gasteiger partial charge on any atom is 0.251 e. The highest BCUT2D eigenvalue weighted by atomic mass is 16.5. The van der Waals surface area contributed by atoms with Gasteiger partial charge in [-0.1, -0.05) is 51.1 Å². The number of nitrogens with one attached hydrogen (secondary N) is 1. The number of carbonyl (C=O) groups excluding carboxylic acids is 2. The van der Waals surface area contributed by atoms with Gasteiger partial charge in [0.25, 0.3) is 5.91 Å². The third-order valence-corrected chi connectivity index (χ3v) is 6.03. The van der Waals surface area contributed by atoms with E-state index < -0.39 is 6.04 Å². The fourth-order valence-electron chi connectivity index (χ4n) is 3.66.